The maximum Gasteiger partial charge on any atom is 0.298 e. The summed E-state index contributed by atoms with van der Waals surface area (Å²) in [6, 6.07) is 16.7. The third-order valence-corrected chi connectivity index (χ3v) is 6.37. The highest BCUT2D eigenvalue weighted by atomic mass is 79.9. The number of benzene rings is 2. The van der Waals surface area contributed by atoms with Crippen molar-refractivity contribution in [2.24, 2.45) is 0 Å². The summed E-state index contributed by atoms with van der Waals surface area (Å²) in [5, 5.41) is 0.238. The molecule has 2 amide bonds. The summed E-state index contributed by atoms with van der Waals surface area (Å²) in [5.41, 5.74) is 4.51. The van der Waals surface area contributed by atoms with E-state index in [0.717, 1.165) is 38.9 Å². The van der Waals surface area contributed by atoms with Gasteiger partial charge in [-0.3, -0.25) is 9.59 Å². The minimum atomic E-state index is -0.323. The van der Waals surface area contributed by atoms with Crippen molar-refractivity contribution in [3.8, 4) is 5.69 Å². The topological polar surface area (TPSA) is 42.3 Å². The number of anilines is 1. The Balaban J connectivity index is 1.69. The highest BCUT2D eigenvalue weighted by Gasteiger charge is 2.36. The van der Waals surface area contributed by atoms with Crippen molar-refractivity contribution in [1.82, 2.24) is 4.57 Å². The van der Waals surface area contributed by atoms with Gasteiger partial charge in [0.2, 0.25) is 0 Å². The summed E-state index contributed by atoms with van der Waals surface area (Å²) in [5.74, 6) is -0.323. The van der Waals surface area contributed by atoms with Crippen LogP contribution in [0.3, 0.4) is 0 Å². The summed E-state index contributed by atoms with van der Waals surface area (Å²) in [6.45, 7) is 4.02. The molecule has 1 aromatic heterocycles. The molecular formula is C22H16BrClN2O2S. The Morgan fingerprint density at radius 1 is 0.966 bits per heavy atom. The van der Waals surface area contributed by atoms with Gasteiger partial charge in [0.1, 0.15) is 0 Å². The van der Waals surface area contributed by atoms with Gasteiger partial charge >= 0.3 is 0 Å². The predicted octanol–water partition coefficient (Wildman–Crippen LogP) is 6.75. The molecule has 0 aliphatic carbocycles. The van der Waals surface area contributed by atoms with Gasteiger partial charge in [0.05, 0.1) is 10.6 Å². The van der Waals surface area contributed by atoms with Crippen LogP contribution in [-0.2, 0) is 4.79 Å². The van der Waals surface area contributed by atoms with Crippen LogP contribution in [0.1, 0.15) is 17.0 Å². The number of carbonyl (C=O) groups is 2. The van der Waals surface area contributed by atoms with Crippen LogP contribution in [0.2, 0.25) is 5.02 Å². The molecule has 0 N–H and O–H groups in total. The largest absolute Gasteiger partial charge is 0.318 e. The van der Waals surface area contributed by atoms with Gasteiger partial charge in [-0.15, -0.1) is 0 Å². The number of carbonyl (C=O) groups excluding carboxylic acids is 2. The fourth-order valence-corrected chi connectivity index (χ4v) is 4.57. The van der Waals surface area contributed by atoms with Crippen LogP contribution < -0.4 is 4.90 Å². The number of hydrogen-bond acceptors (Lipinski definition) is 3. The zero-order valence-corrected chi connectivity index (χ0v) is 18.8. The molecule has 2 heterocycles. The maximum atomic E-state index is 12.9. The lowest BCUT2D eigenvalue weighted by Crippen LogP contribution is -2.27. The first-order chi connectivity index (χ1) is 13.8. The number of nitrogens with zero attached hydrogens (tertiary/aromatic N) is 2. The number of imide groups is 1. The lowest BCUT2D eigenvalue weighted by molar-refractivity contribution is -0.113. The number of aromatic nitrogens is 1. The molecule has 1 saturated heterocycles. The van der Waals surface area contributed by atoms with Crippen molar-refractivity contribution >= 4 is 62.2 Å². The van der Waals surface area contributed by atoms with Crippen molar-refractivity contribution in [3.05, 3.63) is 85.9 Å². The van der Waals surface area contributed by atoms with E-state index in [9.17, 15) is 9.59 Å². The Bertz CT molecular complexity index is 1150. The first-order valence-electron chi connectivity index (χ1n) is 8.83. The molecule has 0 unspecified atom stereocenters. The molecule has 4 rings (SSSR count). The van der Waals surface area contributed by atoms with E-state index in [1.54, 1.807) is 30.3 Å². The summed E-state index contributed by atoms with van der Waals surface area (Å²) in [6.07, 6.45) is 1.79. The van der Waals surface area contributed by atoms with Crippen LogP contribution in [-0.4, -0.2) is 15.7 Å². The van der Waals surface area contributed by atoms with Crippen LogP contribution >= 0.6 is 39.3 Å². The van der Waals surface area contributed by atoms with Crippen LogP contribution in [0.4, 0.5) is 10.5 Å². The quantitative estimate of drug-likeness (QED) is 0.384. The highest BCUT2D eigenvalue weighted by Crippen LogP contribution is 2.37. The van der Waals surface area contributed by atoms with E-state index in [4.69, 9.17) is 11.6 Å². The van der Waals surface area contributed by atoms with E-state index in [0.29, 0.717) is 15.6 Å². The minimum Gasteiger partial charge on any atom is -0.318 e. The Labute approximate surface area is 186 Å². The first kappa shape index (κ1) is 20.0. The van der Waals surface area contributed by atoms with Crippen molar-refractivity contribution in [2.45, 2.75) is 13.8 Å². The second-order valence-electron chi connectivity index (χ2n) is 6.63. The van der Waals surface area contributed by atoms with Gasteiger partial charge in [-0.25, -0.2) is 4.90 Å². The van der Waals surface area contributed by atoms with Crippen molar-refractivity contribution in [2.75, 3.05) is 4.90 Å². The Kier molecular flexibility index (Phi) is 5.42. The number of rotatable bonds is 3. The second-order valence-corrected chi connectivity index (χ2v) is 8.98. The van der Waals surface area contributed by atoms with E-state index in [1.165, 1.54) is 4.90 Å². The van der Waals surface area contributed by atoms with Crippen LogP contribution in [0.15, 0.2) is 64.0 Å². The number of amides is 2. The molecule has 0 atom stereocenters. The van der Waals surface area contributed by atoms with E-state index in [1.807, 2.05) is 44.2 Å². The second kappa shape index (κ2) is 7.86. The van der Waals surface area contributed by atoms with Gasteiger partial charge in [0.25, 0.3) is 11.1 Å². The molecule has 1 aliphatic heterocycles. The predicted molar refractivity (Wildman–Crippen MR) is 123 cm³/mol. The summed E-state index contributed by atoms with van der Waals surface area (Å²) in [7, 11) is 0. The number of thioether (sulfide) groups is 1. The molecular weight excluding hydrogens is 472 g/mol. The smallest absolute Gasteiger partial charge is 0.298 e. The molecule has 4 nitrogen and oxygen atoms in total. The number of halogens is 2. The molecule has 1 fully saturated rings. The molecule has 3 aromatic rings. The van der Waals surface area contributed by atoms with Crippen LogP contribution in [0, 0.1) is 13.8 Å². The van der Waals surface area contributed by atoms with Gasteiger partial charge in [-0.1, -0.05) is 27.5 Å². The zero-order valence-electron chi connectivity index (χ0n) is 15.6. The van der Waals surface area contributed by atoms with Gasteiger partial charge in [-0.2, -0.15) is 0 Å². The fourth-order valence-electron chi connectivity index (χ4n) is 3.34. The van der Waals surface area contributed by atoms with E-state index in [2.05, 4.69) is 20.5 Å². The van der Waals surface area contributed by atoms with E-state index < -0.39 is 0 Å². The SMILES string of the molecule is Cc1cc(/C=C2/SC(=O)N(c3ccc(Cl)cc3)C2=O)c(C)n1-c1ccc(Br)cc1. The highest BCUT2D eigenvalue weighted by molar-refractivity contribution is 9.10. The van der Waals surface area contributed by atoms with Gasteiger partial charge in [0, 0.05) is 26.6 Å². The lowest BCUT2D eigenvalue weighted by Gasteiger charge is -2.12. The van der Waals surface area contributed by atoms with E-state index in [-0.39, 0.29) is 11.1 Å². The van der Waals surface area contributed by atoms with Gasteiger partial charge in [0.15, 0.2) is 0 Å². The van der Waals surface area contributed by atoms with Crippen molar-refractivity contribution in [3.63, 3.8) is 0 Å². The maximum absolute atomic E-state index is 12.9. The molecule has 29 heavy (non-hydrogen) atoms. The molecule has 0 saturated carbocycles. The first-order valence-corrected chi connectivity index (χ1v) is 10.8. The number of aryl methyl sites for hydroxylation is 1. The molecule has 146 valence electrons. The summed E-state index contributed by atoms with van der Waals surface area (Å²) < 4.78 is 3.14. The molecule has 0 radical (unpaired) electrons. The summed E-state index contributed by atoms with van der Waals surface area (Å²) in [4.78, 5) is 26.9. The number of hydrogen-bond donors (Lipinski definition) is 0. The monoisotopic (exact) mass is 486 g/mol. The third-order valence-electron chi connectivity index (χ3n) is 4.72. The summed E-state index contributed by atoms with van der Waals surface area (Å²) >= 11 is 10.3. The van der Waals surface area contributed by atoms with E-state index >= 15 is 0 Å². The molecule has 2 aromatic carbocycles. The zero-order chi connectivity index (χ0) is 20.7. The minimum absolute atomic E-state index is 0.315. The normalized spacial score (nSPS) is 15.6. The molecule has 0 spiro atoms. The average molecular weight is 488 g/mol. The lowest BCUT2D eigenvalue weighted by atomic mass is 10.2. The molecule has 7 heteroatoms. The Morgan fingerprint density at radius 2 is 1.59 bits per heavy atom. The average Bonchev–Trinajstić information content (AvgIpc) is 3.12. The fraction of sp³-hybridized carbons (Fsp3) is 0.0909. The van der Waals surface area contributed by atoms with Crippen LogP contribution in [0.25, 0.3) is 11.8 Å². The van der Waals surface area contributed by atoms with Crippen LogP contribution in [0.5, 0.6) is 0 Å². The van der Waals surface area contributed by atoms with Gasteiger partial charge in [-0.05, 0) is 91.8 Å². The standard InChI is InChI=1S/C22H16BrClN2O2S/c1-13-11-15(14(2)25(13)18-7-3-16(23)4-8-18)12-20-21(27)26(22(28)29-20)19-9-5-17(24)6-10-19/h3-12H,1-2H3/b20-12+. The van der Waals surface area contributed by atoms with Crippen molar-refractivity contribution < 1.29 is 9.59 Å². The Morgan fingerprint density at radius 3 is 2.24 bits per heavy atom. The van der Waals surface area contributed by atoms with Crippen molar-refractivity contribution in [1.29, 1.82) is 0 Å². The Hall–Kier alpha value is -2.28. The van der Waals surface area contributed by atoms with Gasteiger partial charge < -0.3 is 4.57 Å². The molecule has 1 aliphatic rings. The molecule has 0 bridgehead atoms. The third kappa shape index (κ3) is 3.80.